The Morgan fingerprint density at radius 1 is 1.21 bits per heavy atom. The molecule has 8 heteroatoms. The van der Waals surface area contributed by atoms with E-state index >= 15 is 0 Å². The van der Waals surface area contributed by atoms with Gasteiger partial charge in [-0.3, -0.25) is 24.1 Å². The van der Waals surface area contributed by atoms with Crippen LogP contribution in [-0.2, 0) is 16.6 Å². The van der Waals surface area contributed by atoms with E-state index in [0.717, 1.165) is 37.9 Å². The molecule has 2 saturated heterocycles. The Morgan fingerprint density at radius 3 is 2.73 bits per heavy atom. The first kappa shape index (κ1) is 22.4. The second kappa shape index (κ2) is 8.78. The summed E-state index contributed by atoms with van der Waals surface area (Å²) in [4.78, 5) is 33.7. The van der Waals surface area contributed by atoms with Crippen LogP contribution in [0.5, 0.6) is 0 Å². The molecule has 0 spiro atoms. The molecule has 2 amide bonds. The van der Waals surface area contributed by atoms with E-state index < -0.39 is 0 Å². The molecular formula is C25H38N6O2. The lowest BCUT2D eigenvalue weighted by atomic mass is 9.79. The van der Waals surface area contributed by atoms with Gasteiger partial charge in [0.2, 0.25) is 0 Å². The molecule has 0 bridgehead atoms. The van der Waals surface area contributed by atoms with Crippen molar-refractivity contribution in [1.82, 2.24) is 24.9 Å². The number of nitrogens with one attached hydrogen (secondary N) is 1. The maximum atomic E-state index is 13.7. The molecular weight excluding hydrogens is 416 g/mol. The second-order valence-corrected chi connectivity index (χ2v) is 10.7. The molecule has 4 aliphatic rings. The van der Waals surface area contributed by atoms with Crippen molar-refractivity contribution in [1.29, 1.82) is 0 Å². The summed E-state index contributed by atoms with van der Waals surface area (Å²) in [7, 11) is 1.84. The lowest BCUT2D eigenvalue weighted by Crippen LogP contribution is -2.55. The molecule has 1 aromatic heterocycles. The number of carbonyl (C=O) groups is 2. The lowest BCUT2D eigenvalue weighted by molar-refractivity contribution is -0.126. The van der Waals surface area contributed by atoms with E-state index in [1.54, 1.807) is 22.0 Å². The van der Waals surface area contributed by atoms with E-state index in [-0.39, 0.29) is 29.8 Å². The fraction of sp³-hybridized carbons (Fsp3) is 0.720. The summed E-state index contributed by atoms with van der Waals surface area (Å²) in [6.07, 6.45) is 12.2. The van der Waals surface area contributed by atoms with Crippen LogP contribution < -0.4 is 10.2 Å². The molecule has 3 fully saturated rings. The van der Waals surface area contributed by atoms with Gasteiger partial charge < -0.3 is 10.2 Å². The van der Waals surface area contributed by atoms with Crippen LogP contribution in [0, 0.1) is 11.8 Å². The molecule has 0 aromatic carbocycles. The fourth-order valence-corrected chi connectivity index (χ4v) is 6.83. The van der Waals surface area contributed by atoms with Gasteiger partial charge in [-0.2, -0.15) is 5.10 Å². The largest absolute Gasteiger partial charge is 0.350 e. The SMILES string of the molecule is CC1C2CCCCC2N2C(C(=O)NC[C@H]3CCCN3C(C)C)=CN(c3cnn(C)c3)C(=O)C12. The van der Waals surface area contributed by atoms with Crippen molar-refractivity contribution in [3.05, 3.63) is 24.3 Å². The second-order valence-electron chi connectivity index (χ2n) is 10.7. The first-order chi connectivity index (χ1) is 15.9. The van der Waals surface area contributed by atoms with Crippen LogP contribution in [0.15, 0.2) is 24.3 Å². The highest BCUT2D eigenvalue weighted by atomic mass is 16.2. The van der Waals surface area contributed by atoms with Crippen molar-refractivity contribution in [3.63, 3.8) is 0 Å². The Hall–Kier alpha value is -2.35. The van der Waals surface area contributed by atoms with Crippen LogP contribution in [0.1, 0.15) is 59.3 Å². The van der Waals surface area contributed by atoms with Crippen molar-refractivity contribution < 1.29 is 9.59 Å². The standard InChI is InChI=1S/C25H38N6O2/c1-16(2)29-11-7-8-18(29)12-26-24(32)22-15-30(19-13-27-28(4)14-19)25(33)23-17(3)20-9-5-6-10-21(20)31(22)23/h13-18,20-21,23H,5-12H2,1-4H3,(H,26,32)/t17?,18-,20?,21?,23?/m1/s1. The fourth-order valence-electron chi connectivity index (χ4n) is 6.83. The highest BCUT2D eigenvalue weighted by molar-refractivity contribution is 6.05. The summed E-state index contributed by atoms with van der Waals surface area (Å²) in [5.74, 6) is 0.687. The lowest BCUT2D eigenvalue weighted by Gasteiger charge is -2.41. The Balaban J connectivity index is 1.44. The molecule has 5 rings (SSSR count). The maximum absolute atomic E-state index is 13.7. The predicted octanol–water partition coefficient (Wildman–Crippen LogP) is 2.48. The summed E-state index contributed by atoms with van der Waals surface area (Å²) in [6.45, 7) is 8.39. The number of carbonyl (C=O) groups excluding carboxylic acids is 2. The number of hydrogen-bond acceptors (Lipinski definition) is 5. The van der Waals surface area contributed by atoms with Gasteiger partial charge >= 0.3 is 0 Å². The number of likely N-dealkylation sites (tertiary alicyclic amines) is 1. The number of rotatable bonds is 5. The zero-order chi connectivity index (χ0) is 23.3. The van der Waals surface area contributed by atoms with Crippen LogP contribution in [0.25, 0.3) is 0 Å². The Labute approximate surface area is 197 Å². The minimum atomic E-state index is -0.289. The molecule has 5 atom stereocenters. The molecule has 1 N–H and O–H groups in total. The van der Waals surface area contributed by atoms with Gasteiger partial charge in [0.1, 0.15) is 11.7 Å². The van der Waals surface area contributed by atoms with Gasteiger partial charge in [0, 0.05) is 44.1 Å². The summed E-state index contributed by atoms with van der Waals surface area (Å²) >= 11 is 0. The van der Waals surface area contributed by atoms with E-state index in [4.69, 9.17) is 0 Å². The van der Waals surface area contributed by atoms with Crippen molar-refractivity contribution in [2.24, 2.45) is 18.9 Å². The van der Waals surface area contributed by atoms with Gasteiger partial charge in [-0.1, -0.05) is 19.8 Å². The number of anilines is 1. The molecule has 33 heavy (non-hydrogen) atoms. The van der Waals surface area contributed by atoms with Gasteiger partial charge in [-0.15, -0.1) is 0 Å². The van der Waals surface area contributed by atoms with Gasteiger partial charge in [-0.05, 0) is 57.9 Å². The summed E-state index contributed by atoms with van der Waals surface area (Å²) in [5.41, 5.74) is 1.36. The number of amides is 2. The Bertz CT molecular complexity index is 939. The third kappa shape index (κ3) is 3.86. The van der Waals surface area contributed by atoms with E-state index in [9.17, 15) is 9.59 Å². The van der Waals surface area contributed by atoms with Crippen LogP contribution in [0.2, 0.25) is 0 Å². The number of hydrogen-bond donors (Lipinski definition) is 1. The number of nitrogens with zero attached hydrogens (tertiary/aromatic N) is 5. The van der Waals surface area contributed by atoms with Crippen LogP contribution in [0.3, 0.4) is 0 Å². The molecule has 180 valence electrons. The van der Waals surface area contributed by atoms with Gasteiger partial charge in [0.05, 0.1) is 11.9 Å². The maximum Gasteiger partial charge on any atom is 0.269 e. The average Bonchev–Trinajstić information content (AvgIpc) is 3.51. The zero-order valence-electron chi connectivity index (χ0n) is 20.4. The summed E-state index contributed by atoms with van der Waals surface area (Å²) in [5, 5.41) is 7.51. The molecule has 4 unspecified atom stereocenters. The minimum absolute atomic E-state index is 0.0585. The molecule has 4 heterocycles. The topological polar surface area (TPSA) is 73.7 Å². The normalized spacial score (nSPS) is 32.2. The van der Waals surface area contributed by atoms with E-state index in [1.807, 2.05) is 13.2 Å². The number of aromatic nitrogens is 2. The summed E-state index contributed by atoms with van der Waals surface area (Å²) < 4.78 is 1.70. The first-order valence-electron chi connectivity index (χ1n) is 12.7. The van der Waals surface area contributed by atoms with E-state index in [0.29, 0.717) is 30.2 Å². The monoisotopic (exact) mass is 454 g/mol. The quantitative estimate of drug-likeness (QED) is 0.740. The zero-order valence-corrected chi connectivity index (χ0v) is 20.4. The van der Waals surface area contributed by atoms with Crippen molar-refractivity contribution in [2.75, 3.05) is 18.0 Å². The average molecular weight is 455 g/mol. The highest BCUT2D eigenvalue weighted by Gasteiger charge is 2.54. The third-order valence-corrected chi connectivity index (χ3v) is 8.42. The van der Waals surface area contributed by atoms with Gasteiger partial charge in [0.15, 0.2) is 0 Å². The smallest absolute Gasteiger partial charge is 0.269 e. The Kier molecular flexibility index (Phi) is 5.97. The van der Waals surface area contributed by atoms with Crippen LogP contribution in [-0.4, -0.2) is 68.7 Å². The molecule has 1 aliphatic carbocycles. The van der Waals surface area contributed by atoms with Crippen molar-refractivity contribution in [3.8, 4) is 0 Å². The molecule has 3 aliphatic heterocycles. The van der Waals surface area contributed by atoms with E-state index in [2.05, 4.69) is 41.0 Å². The highest BCUT2D eigenvalue weighted by Crippen LogP contribution is 2.47. The number of aryl methyl sites for hydroxylation is 1. The van der Waals surface area contributed by atoms with Crippen molar-refractivity contribution in [2.45, 2.75) is 83.5 Å². The molecule has 0 radical (unpaired) electrons. The van der Waals surface area contributed by atoms with Crippen LogP contribution in [0.4, 0.5) is 5.69 Å². The van der Waals surface area contributed by atoms with Crippen LogP contribution >= 0.6 is 0 Å². The van der Waals surface area contributed by atoms with Crippen molar-refractivity contribution >= 4 is 17.5 Å². The predicted molar refractivity (Wildman–Crippen MR) is 127 cm³/mol. The molecule has 1 saturated carbocycles. The first-order valence-corrected chi connectivity index (χ1v) is 12.7. The minimum Gasteiger partial charge on any atom is -0.350 e. The summed E-state index contributed by atoms with van der Waals surface area (Å²) in [6, 6.07) is 0.843. The Morgan fingerprint density at radius 2 is 2.00 bits per heavy atom. The molecule has 8 nitrogen and oxygen atoms in total. The van der Waals surface area contributed by atoms with E-state index in [1.165, 1.54) is 12.8 Å². The third-order valence-electron chi connectivity index (χ3n) is 8.42. The van der Waals surface area contributed by atoms with Gasteiger partial charge in [-0.25, -0.2) is 0 Å². The van der Waals surface area contributed by atoms with Gasteiger partial charge in [0.25, 0.3) is 11.8 Å². The number of fused-ring (bicyclic) bond motifs is 3. The molecule has 1 aromatic rings.